The van der Waals surface area contributed by atoms with Crippen LogP contribution < -0.4 is 14.4 Å². The zero-order valence-electron chi connectivity index (χ0n) is 19.7. The van der Waals surface area contributed by atoms with E-state index < -0.39 is 16.1 Å². The van der Waals surface area contributed by atoms with Crippen molar-refractivity contribution < 1.29 is 17.9 Å². The van der Waals surface area contributed by atoms with E-state index in [0.29, 0.717) is 25.1 Å². The molecule has 2 aromatic carbocycles. The number of nitrogens with zero attached hydrogens (tertiary/aromatic N) is 3. The van der Waals surface area contributed by atoms with Crippen molar-refractivity contribution in [3.8, 4) is 5.75 Å². The third-order valence-corrected chi connectivity index (χ3v) is 7.71. The number of unbranched alkanes of at least 4 members (excludes halogenated alkanes) is 1. The van der Waals surface area contributed by atoms with Crippen LogP contribution in [0.5, 0.6) is 5.75 Å². The summed E-state index contributed by atoms with van der Waals surface area (Å²) in [7, 11) is -1.99. The zero-order valence-corrected chi connectivity index (χ0v) is 20.6. The fourth-order valence-corrected chi connectivity index (χ4v) is 5.67. The maximum Gasteiger partial charge on any atom is 0.263 e. The Bertz CT molecular complexity index is 1150. The Balaban J connectivity index is 1.51. The normalized spacial score (nSPS) is 19.3. The molecule has 8 nitrogen and oxygen atoms in total. The first-order valence-electron chi connectivity index (χ1n) is 11.8. The van der Waals surface area contributed by atoms with E-state index in [4.69, 9.17) is 4.74 Å². The van der Waals surface area contributed by atoms with Gasteiger partial charge in [0.2, 0.25) is 5.91 Å². The summed E-state index contributed by atoms with van der Waals surface area (Å²) in [6, 6.07) is 14.1. The number of carbonyl (C=O) groups is 1. The smallest absolute Gasteiger partial charge is 0.263 e. The lowest BCUT2D eigenvalue weighted by atomic mass is 10.1. The molecule has 2 aliphatic heterocycles. The molecular formula is C25H32N4O4S. The van der Waals surface area contributed by atoms with Gasteiger partial charge >= 0.3 is 0 Å². The van der Waals surface area contributed by atoms with Gasteiger partial charge in [0, 0.05) is 37.4 Å². The van der Waals surface area contributed by atoms with Crippen LogP contribution >= 0.6 is 0 Å². The highest BCUT2D eigenvalue weighted by Gasteiger charge is 2.33. The largest absolute Gasteiger partial charge is 0.497 e. The van der Waals surface area contributed by atoms with E-state index >= 15 is 0 Å². The van der Waals surface area contributed by atoms with E-state index in [1.165, 1.54) is 0 Å². The summed E-state index contributed by atoms with van der Waals surface area (Å²) in [6.07, 6.45) is 3.21. The Morgan fingerprint density at radius 1 is 1.09 bits per heavy atom. The molecule has 34 heavy (non-hydrogen) atoms. The number of carbonyl (C=O) groups excluding carboxylic acids is 1. The average molecular weight is 485 g/mol. The highest BCUT2D eigenvalue weighted by molar-refractivity contribution is 7.90. The first kappa shape index (κ1) is 24.1. The number of methoxy groups -OCH3 is 1. The van der Waals surface area contributed by atoms with E-state index in [0.717, 1.165) is 43.8 Å². The molecule has 1 N–H and O–H groups in total. The number of amidine groups is 1. The Labute approximate surface area is 201 Å². The van der Waals surface area contributed by atoms with Gasteiger partial charge in [-0.15, -0.1) is 0 Å². The molecule has 0 spiro atoms. The Morgan fingerprint density at radius 3 is 2.59 bits per heavy atom. The highest BCUT2D eigenvalue weighted by atomic mass is 32.2. The van der Waals surface area contributed by atoms with Crippen LogP contribution in [-0.4, -0.2) is 64.4 Å². The van der Waals surface area contributed by atoms with Crippen molar-refractivity contribution in [1.82, 2.24) is 9.62 Å². The number of rotatable bonds is 7. The molecule has 2 aromatic rings. The fourth-order valence-electron chi connectivity index (χ4n) is 4.43. The van der Waals surface area contributed by atoms with Crippen molar-refractivity contribution in [2.24, 2.45) is 4.99 Å². The number of amides is 1. The molecule has 1 amide bonds. The van der Waals surface area contributed by atoms with Crippen LogP contribution in [0.3, 0.4) is 0 Å². The lowest BCUT2D eigenvalue weighted by Crippen LogP contribution is -2.41. The van der Waals surface area contributed by atoms with Crippen molar-refractivity contribution >= 4 is 27.5 Å². The van der Waals surface area contributed by atoms with Crippen molar-refractivity contribution in [3.05, 3.63) is 54.1 Å². The van der Waals surface area contributed by atoms with Crippen molar-refractivity contribution in [2.75, 3.05) is 38.2 Å². The van der Waals surface area contributed by atoms with Gasteiger partial charge in [-0.3, -0.25) is 14.5 Å². The number of hydrogen-bond donors (Lipinski definition) is 1. The summed E-state index contributed by atoms with van der Waals surface area (Å²) in [5.74, 6) is 1.04. The lowest BCUT2D eigenvalue weighted by molar-refractivity contribution is -0.132. The predicted octanol–water partition coefficient (Wildman–Crippen LogP) is 3.03. The number of ether oxygens (including phenoxy) is 1. The molecule has 0 bridgehead atoms. The Morgan fingerprint density at radius 2 is 1.85 bits per heavy atom. The molecule has 2 heterocycles. The van der Waals surface area contributed by atoms with E-state index in [-0.39, 0.29) is 16.6 Å². The lowest BCUT2D eigenvalue weighted by Gasteiger charge is -2.26. The fraction of sp³-hybridized carbons (Fsp3) is 0.440. The molecule has 1 atom stereocenters. The quantitative estimate of drug-likeness (QED) is 0.652. The molecule has 9 heteroatoms. The number of hydrogen-bond acceptors (Lipinski definition) is 6. The van der Waals surface area contributed by atoms with Crippen LogP contribution in [0.15, 0.2) is 58.4 Å². The molecule has 0 aromatic heterocycles. The maximum atomic E-state index is 13.6. The summed E-state index contributed by atoms with van der Waals surface area (Å²) in [5, 5.41) is 0. The van der Waals surface area contributed by atoms with Gasteiger partial charge in [0.15, 0.2) is 0 Å². The molecule has 0 saturated carbocycles. The van der Waals surface area contributed by atoms with Gasteiger partial charge in [0.1, 0.15) is 17.6 Å². The van der Waals surface area contributed by atoms with Gasteiger partial charge in [-0.05, 0) is 49.2 Å². The summed E-state index contributed by atoms with van der Waals surface area (Å²) in [6.45, 7) is 4.91. The van der Waals surface area contributed by atoms with E-state index in [1.54, 1.807) is 31.4 Å². The predicted molar refractivity (Wildman–Crippen MR) is 133 cm³/mol. The average Bonchev–Trinajstić information content (AvgIpc) is 3.00. The number of nitrogens with one attached hydrogen (secondary N) is 1. The highest BCUT2D eigenvalue weighted by Crippen LogP contribution is 2.24. The molecule has 0 aliphatic carbocycles. The molecular weight excluding hydrogens is 452 g/mol. The summed E-state index contributed by atoms with van der Waals surface area (Å²) < 4.78 is 32.8. The van der Waals surface area contributed by atoms with Crippen LogP contribution in [0.1, 0.15) is 38.2 Å². The first-order chi connectivity index (χ1) is 16.4. The first-order valence-corrected chi connectivity index (χ1v) is 13.3. The minimum absolute atomic E-state index is 0.0406. The van der Waals surface area contributed by atoms with Gasteiger partial charge in [0.25, 0.3) is 10.0 Å². The summed E-state index contributed by atoms with van der Waals surface area (Å²) in [4.78, 5) is 22.6. The molecule has 1 fully saturated rings. The second-order valence-electron chi connectivity index (χ2n) is 8.60. The molecule has 182 valence electrons. The topological polar surface area (TPSA) is 91.3 Å². The third kappa shape index (κ3) is 5.19. The SMILES string of the molecule is CCCCC(N=C1NS(=O)(=O)c2ccccc21)C(=O)N1CCCN(c2ccc(OC)cc2)CC1. The third-order valence-electron chi connectivity index (χ3n) is 6.31. The number of aliphatic imine (C=N–C) groups is 1. The zero-order chi connectivity index (χ0) is 24.1. The van der Waals surface area contributed by atoms with Crippen LogP contribution in [0, 0.1) is 0 Å². The molecule has 4 rings (SSSR count). The second-order valence-corrected chi connectivity index (χ2v) is 10.3. The Hall–Kier alpha value is -3.07. The minimum atomic E-state index is -3.64. The van der Waals surface area contributed by atoms with E-state index in [1.807, 2.05) is 29.2 Å². The number of benzene rings is 2. The van der Waals surface area contributed by atoms with Gasteiger partial charge in [-0.1, -0.05) is 31.9 Å². The van der Waals surface area contributed by atoms with Crippen LogP contribution in [0.25, 0.3) is 0 Å². The summed E-state index contributed by atoms with van der Waals surface area (Å²) >= 11 is 0. The van der Waals surface area contributed by atoms with Crippen LogP contribution in [0.4, 0.5) is 5.69 Å². The van der Waals surface area contributed by atoms with Crippen molar-refractivity contribution in [3.63, 3.8) is 0 Å². The van der Waals surface area contributed by atoms with Gasteiger partial charge in [0.05, 0.1) is 12.0 Å². The maximum absolute atomic E-state index is 13.6. The summed E-state index contributed by atoms with van der Waals surface area (Å²) in [5.41, 5.74) is 1.63. The second kappa shape index (κ2) is 10.5. The monoisotopic (exact) mass is 484 g/mol. The van der Waals surface area contributed by atoms with Gasteiger partial charge in [-0.2, -0.15) is 0 Å². The van der Waals surface area contributed by atoms with Gasteiger partial charge in [-0.25, -0.2) is 8.42 Å². The standard InChI is InChI=1S/C25H32N4O4S/c1-3-4-9-22(26-24-21-8-5-6-10-23(21)34(31,32)27-24)25(30)29-16-7-15-28(17-18-29)19-11-13-20(33-2)14-12-19/h5-6,8,10-14,22H,3-4,7,9,15-18H2,1-2H3,(H,26,27). The molecule has 1 unspecified atom stereocenters. The molecule has 2 aliphatic rings. The molecule has 0 radical (unpaired) electrons. The van der Waals surface area contributed by atoms with Crippen molar-refractivity contribution in [2.45, 2.75) is 43.5 Å². The minimum Gasteiger partial charge on any atom is -0.497 e. The number of sulfonamides is 1. The molecule has 1 saturated heterocycles. The van der Waals surface area contributed by atoms with Crippen molar-refractivity contribution in [1.29, 1.82) is 0 Å². The van der Waals surface area contributed by atoms with Crippen LogP contribution in [-0.2, 0) is 14.8 Å². The Kier molecular flexibility index (Phi) is 7.41. The van der Waals surface area contributed by atoms with Crippen LogP contribution in [0.2, 0.25) is 0 Å². The van der Waals surface area contributed by atoms with E-state index in [9.17, 15) is 13.2 Å². The van der Waals surface area contributed by atoms with Gasteiger partial charge < -0.3 is 14.5 Å². The van der Waals surface area contributed by atoms with E-state index in [2.05, 4.69) is 21.5 Å². The number of anilines is 1. The number of fused-ring (bicyclic) bond motifs is 1.